The Hall–Kier alpha value is -1.32. The second-order valence-corrected chi connectivity index (χ2v) is 5.17. The van der Waals surface area contributed by atoms with E-state index in [1.54, 1.807) is 6.33 Å². The summed E-state index contributed by atoms with van der Waals surface area (Å²) in [5.74, 6) is 0.844. The van der Waals surface area contributed by atoms with Crippen LogP contribution in [0.2, 0.25) is 0 Å². The number of hydrogen-bond donors (Lipinski definition) is 1. The first-order chi connectivity index (χ1) is 10.3. The minimum atomic E-state index is 0. The summed E-state index contributed by atoms with van der Waals surface area (Å²) in [7, 11) is 0. The molecule has 3 rings (SSSR count). The topological polar surface area (TPSA) is 37.8 Å². The summed E-state index contributed by atoms with van der Waals surface area (Å²) in [6.45, 7) is 5.99. The smallest absolute Gasteiger partial charge is 0.141 e. The standard InChI is InChI=1S/C18H18N3.Y/c1-3-5-14-8-9-17-16(11-14)18(20-12-19-17)21-15-7-4-6-13(2)10-15;/h4,6-12H,1,3,5H2,2H3,(H,19,20,21);/q-1;. The third kappa shape index (κ3) is 3.90. The van der Waals surface area contributed by atoms with Crippen LogP contribution < -0.4 is 5.32 Å². The van der Waals surface area contributed by atoms with Gasteiger partial charge in [-0.25, -0.2) is 9.97 Å². The summed E-state index contributed by atoms with van der Waals surface area (Å²) in [6, 6.07) is 14.6. The molecule has 0 saturated heterocycles. The Balaban J connectivity index is 0.00000176. The van der Waals surface area contributed by atoms with Crippen molar-refractivity contribution in [1.82, 2.24) is 9.97 Å². The molecule has 3 nitrogen and oxygen atoms in total. The van der Waals surface area contributed by atoms with Crippen LogP contribution in [-0.2, 0) is 39.1 Å². The molecule has 109 valence electrons. The number of benzene rings is 2. The Morgan fingerprint density at radius 2 is 1.95 bits per heavy atom. The Kier molecular flexibility index (Phi) is 6.04. The van der Waals surface area contributed by atoms with E-state index >= 15 is 0 Å². The molecule has 0 amide bonds. The van der Waals surface area contributed by atoms with Gasteiger partial charge in [0.05, 0.1) is 5.52 Å². The molecular weight excluding hydrogens is 347 g/mol. The van der Waals surface area contributed by atoms with Crippen LogP contribution in [0.5, 0.6) is 0 Å². The number of aromatic nitrogens is 2. The molecule has 0 aliphatic heterocycles. The fourth-order valence-corrected chi connectivity index (χ4v) is 2.42. The normalized spacial score (nSPS) is 10.3. The number of anilines is 2. The van der Waals surface area contributed by atoms with Gasteiger partial charge in [-0.1, -0.05) is 24.6 Å². The van der Waals surface area contributed by atoms with Gasteiger partial charge >= 0.3 is 0 Å². The molecule has 0 spiro atoms. The van der Waals surface area contributed by atoms with Crippen LogP contribution in [0.4, 0.5) is 11.5 Å². The Bertz CT molecular complexity index is 771. The first-order valence-electron chi connectivity index (χ1n) is 7.13. The maximum atomic E-state index is 4.40. The summed E-state index contributed by atoms with van der Waals surface area (Å²) >= 11 is 0. The largest absolute Gasteiger partial charge is 0.343 e. The van der Waals surface area contributed by atoms with E-state index in [1.165, 1.54) is 11.1 Å². The fraction of sp³-hybridized carbons (Fsp3) is 0.167. The minimum absolute atomic E-state index is 0. The zero-order chi connectivity index (χ0) is 14.7. The molecule has 0 aliphatic rings. The monoisotopic (exact) mass is 365 g/mol. The summed E-state index contributed by atoms with van der Waals surface area (Å²) in [5, 5.41) is 4.44. The van der Waals surface area contributed by atoms with E-state index in [0.29, 0.717) is 0 Å². The summed E-state index contributed by atoms with van der Waals surface area (Å²) in [5.41, 5.74) is 4.47. The molecule has 0 aliphatic carbocycles. The first-order valence-corrected chi connectivity index (χ1v) is 7.13. The van der Waals surface area contributed by atoms with Crippen LogP contribution in [0, 0.1) is 13.8 Å². The Labute approximate surface area is 156 Å². The molecule has 0 bridgehead atoms. The number of nitrogens with zero attached hydrogens (tertiary/aromatic N) is 2. The van der Waals surface area contributed by atoms with Crippen molar-refractivity contribution in [3.8, 4) is 0 Å². The average molecular weight is 365 g/mol. The van der Waals surface area contributed by atoms with E-state index in [-0.39, 0.29) is 32.7 Å². The maximum absolute atomic E-state index is 4.40. The molecule has 0 fully saturated rings. The molecule has 1 heterocycles. The molecule has 0 atom stereocenters. The molecule has 3 aromatic rings. The number of aryl methyl sites for hydroxylation is 2. The van der Waals surface area contributed by atoms with Crippen molar-refractivity contribution in [3.05, 3.63) is 66.8 Å². The molecule has 1 N–H and O–H groups in total. The zero-order valence-electron chi connectivity index (χ0n) is 12.7. The van der Waals surface area contributed by atoms with Crippen molar-refractivity contribution in [3.63, 3.8) is 0 Å². The second kappa shape index (κ2) is 7.80. The van der Waals surface area contributed by atoms with Gasteiger partial charge in [0, 0.05) is 43.8 Å². The van der Waals surface area contributed by atoms with Crippen LogP contribution in [0.1, 0.15) is 17.5 Å². The minimum Gasteiger partial charge on any atom is -0.343 e. The van der Waals surface area contributed by atoms with Gasteiger partial charge in [-0.15, -0.1) is 0 Å². The molecule has 4 heteroatoms. The van der Waals surface area contributed by atoms with Crippen LogP contribution >= 0.6 is 0 Å². The van der Waals surface area contributed by atoms with Gasteiger partial charge in [-0.2, -0.15) is 6.42 Å². The summed E-state index contributed by atoms with van der Waals surface area (Å²) in [4.78, 5) is 8.73. The predicted molar refractivity (Wildman–Crippen MR) is 87.7 cm³/mol. The number of hydrogen-bond acceptors (Lipinski definition) is 3. The van der Waals surface area contributed by atoms with Gasteiger partial charge in [-0.05, 0) is 42.3 Å². The van der Waals surface area contributed by atoms with Crippen LogP contribution in [0.15, 0.2) is 48.8 Å². The van der Waals surface area contributed by atoms with E-state index in [2.05, 4.69) is 53.4 Å². The van der Waals surface area contributed by atoms with Gasteiger partial charge in [-0.3, -0.25) is 0 Å². The van der Waals surface area contributed by atoms with Crippen molar-refractivity contribution < 1.29 is 32.7 Å². The van der Waals surface area contributed by atoms with Gasteiger partial charge in [0.25, 0.3) is 0 Å². The van der Waals surface area contributed by atoms with E-state index in [9.17, 15) is 0 Å². The Morgan fingerprint density at radius 1 is 1.09 bits per heavy atom. The number of fused-ring (bicyclic) bond motifs is 1. The molecule has 2 aromatic carbocycles. The Morgan fingerprint density at radius 3 is 2.73 bits per heavy atom. The van der Waals surface area contributed by atoms with E-state index in [4.69, 9.17) is 0 Å². The second-order valence-electron chi connectivity index (χ2n) is 5.17. The van der Waals surface area contributed by atoms with Gasteiger partial charge < -0.3 is 12.2 Å². The molecular formula is C18H18N3Y-. The number of rotatable bonds is 4. The quantitative estimate of drug-likeness (QED) is 0.695. The third-order valence-corrected chi connectivity index (χ3v) is 3.45. The fourth-order valence-electron chi connectivity index (χ4n) is 2.42. The third-order valence-electron chi connectivity index (χ3n) is 3.45. The van der Waals surface area contributed by atoms with E-state index in [1.807, 2.05) is 18.2 Å². The predicted octanol–water partition coefficient (Wildman–Crippen LogP) is 4.45. The van der Waals surface area contributed by atoms with E-state index < -0.39 is 0 Å². The maximum Gasteiger partial charge on any atom is 0.141 e. The number of nitrogens with one attached hydrogen (secondary N) is 1. The molecule has 1 radical (unpaired) electrons. The van der Waals surface area contributed by atoms with Crippen molar-refractivity contribution in [1.29, 1.82) is 0 Å². The zero-order valence-corrected chi connectivity index (χ0v) is 15.6. The molecule has 1 aromatic heterocycles. The van der Waals surface area contributed by atoms with Crippen LogP contribution in [0.3, 0.4) is 0 Å². The summed E-state index contributed by atoms with van der Waals surface area (Å²) in [6.07, 6.45) is 3.45. The van der Waals surface area contributed by atoms with Gasteiger partial charge in [0.1, 0.15) is 12.1 Å². The van der Waals surface area contributed by atoms with Crippen molar-refractivity contribution in [2.75, 3.05) is 5.32 Å². The molecule has 0 unspecified atom stereocenters. The van der Waals surface area contributed by atoms with Crippen molar-refractivity contribution >= 4 is 22.4 Å². The SMILES string of the molecule is [CH2-]CCc1ccc2ncnc(Nc3cccc(C)c3)c2c1.[Y]. The van der Waals surface area contributed by atoms with Crippen LogP contribution in [-0.4, -0.2) is 9.97 Å². The van der Waals surface area contributed by atoms with Crippen molar-refractivity contribution in [2.24, 2.45) is 0 Å². The first kappa shape index (κ1) is 17.0. The van der Waals surface area contributed by atoms with E-state index in [0.717, 1.165) is 35.2 Å². The molecule has 22 heavy (non-hydrogen) atoms. The van der Waals surface area contributed by atoms with Gasteiger partial charge in [0.15, 0.2) is 0 Å². The van der Waals surface area contributed by atoms with Crippen molar-refractivity contribution in [2.45, 2.75) is 19.8 Å². The van der Waals surface area contributed by atoms with Crippen LogP contribution in [0.25, 0.3) is 10.9 Å². The van der Waals surface area contributed by atoms with Gasteiger partial charge in [0.2, 0.25) is 0 Å². The average Bonchev–Trinajstić information content (AvgIpc) is 2.48. The summed E-state index contributed by atoms with van der Waals surface area (Å²) < 4.78 is 0. The molecule has 0 saturated carbocycles.